The van der Waals surface area contributed by atoms with E-state index in [1.807, 2.05) is 18.2 Å². The van der Waals surface area contributed by atoms with E-state index in [9.17, 15) is 8.78 Å². The number of hydrogen-bond acceptors (Lipinski definition) is 4. The van der Waals surface area contributed by atoms with Crippen LogP contribution in [0, 0.1) is 6.92 Å². The minimum absolute atomic E-state index is 0.109. The third kappa shape index (κ3) is 3.14. The summed E-state index contributed by atoms with van der Waals surface area (Å²) in [7, 11) is 0. The van der Waals surface area contributed by atoms with Gasteiger partial charge >= 0.3 is 0 Å². The molecule has 2 aromatic rings. The van der Waals surface area contributed by atoms with Crippen LogP contribution in [0.5, 0.6) is 0 Å². The van der Waals surface area contributed by atoms with E-state index in [1.54, 1.807) is 13.0 Å². The van der Waals surface area contributed by atoms with E-state index in [4.69, 9.17) is 5.11 Å². The van der Waals surface area contributed by atoms with Gasteiger partial charge < -0.3 is 10.0 Å². The zero-order valence-corrected chi connectivity index (χ0v) is 10.6. The highest BCUT2D eigenvalue weighted by molar-refractivity contribution is 5.76. The van der Waals surface area contributed by atoms with Gasteiger partial charge in [0.2, 0.25) is 0 Å². The van der Waals surface area contributed by atoms with Gasteiger partial charge in [0, 0.05) is 6.54 Å². The van der Waals surface area contributed by atoms with Gasteiger partial charge in [-0.15, -0.1) is 0 Å². The quantitative estimate of drug-likeness (QED) is 0.900. The molecule has 0 atom stereocenters. The second-order valence-corrected chi connectivity index (χ2v) is 4.18. The molecule has 0 aliphatic heterocycles. The van der Waals surface area contributed by atoms with Crippen LogP contribution < -0.4 is 4.90 Å². The lowest BCUT2D eigenvalue weighted by Gasteiger charge is -2.23. The van der Waals surface area contributed by atoms with E-state index < -0.39 is 13.0 Å². The topological polar surface area (TPSA) is 49.2 Å². The third-order valence-electron chi connectivity index (χ3n) is 2.75. The molecule has 0 amide bonds. The first-order valence-electron chi connectivity index (χ1n) is 5.99. The number of aliphatic hydroxyl groups excluding tert-OH is 1. The molecule has 0 fully saturated rings. The van der Waals surface area contributed by atoms with Crippen LogP contribution in [-0.2, 0) is 0 Å². The molecular formula is C13H15F2N3O. The Bertz CT molecular complexity index is 563. The van der Waals surface area contributed by atoms with Gasteiger partial charge in [-0.05, 0) is 19.1 Å². The van der Waals surface area contributed by atoms with E-state index in [2.05, 4.69) is 9.97 Å². The van der Waals surface area contributed by atoms with Gasteiger partial charge in [-0.1, -0.05) is 12.1 Å². The van der Waals surface area contributed by atoms with Gasteiger partial charge in [0.1, 0.15) is 0 Å². The molecular weight excluding hydrogens is 252 g/mol. The van der Waals surface area contributed by atoms with Crippen molar-refractivity contribution in [3.63, 3.8) is 0 Å². The lowest BCUT2D eigenvalue weighted by Crippen LogP contribution is -2.33. The number of aryl methyl sites for hydroxylation is 1. The molecule has 0 saturated carbocycles. The monoisotopic (exact) mass is 267 g/mol. The molecule has 2 rings (SSSR count). The van der Waals surface area contributed by atoms with Crippen molar-refractivity contribution >= 4 is 16.9 Å². The first kappa shape index (κ1) is 13.6. The van der Waals surface area contributed by atoms with E-state index in [1.165, 1.54) is 4.90 Å². The number of fused-ring (bicyclic) bond motifs is 1. The van der Waals surface area contributed by atoms with Crippen LogP contribution in [0.15, 0.2) is 24.3 Å². The van der Waals surface area contributed by atoms with Crippen molar-refractivity contribution in [2.45, 2.75) is 13.3 Å². The van der Waals surface area contributed by atoms with Gasteiger partial charge in [0.15, 0.2) is 5.82 Å². The third-order valence-corrected chi connectivity index (χ3v) is 2.75. The number of alkyl halides is 2. The van der Waals surface area contributed by atoms with Gasteiger partial charge in [0.05, 0.1) is 29.9 Å². The predicted molar refractivity (Wildman–Crippen MR) is 69.6 cm³/mol. The Hall–Kier alpha value is -1.82. The second kappa shape index (κ2) is 5.88. The Balaban J connectivity index is 2.43. The molecule has 4 nitrogen and oxygen atoms in total. The second-order valence-electron chi connectivity index (χ2n) is 4.18. The van der Waals surface area contributed by atoms with Crippen molar-refractivity contribution < 1.29 is 13.9 Å². The Morgan fingerprint density at radius 3 is 2.42 bits per heavy atom. The minimum Gasteiger partial charge on any atom is -0.395 e. The summed E-state index contributed by atoms with van der Waals surface area (Å²) < 4.78 is 25.1. The van der Waals surface area contributed by atoms with Crippen LogP contribution in [0.4, 0.5) is 14.6 Å². The average molecular weight is 267 g/mol. The molecule has 19 heavy (non-hydrogen) atoms. The zero-order valence-electron chi connectivity index (χ0n) is 10.6. The molecule has 1 aromatic heterocycles. The Labute approximate surface area is 109 Å². The normalized spacial score (nSPS) is 11.2. The molecule has 0 saturated heterocycles. The molecule has 1 heterocycles. The molecule has 0 aliphatic rings. The lowest BCUT2D eigenvalue weighted by molar-refractivity contribution is 0.152. The summed E-state index contributed by atoms with van der Waals surface area (Å²) in [6.45, 7) is 1.16. The van der Waals surface area contributed by atoms with Gasteiger partial charge in [0.25, 0.3) is 6.43 Å². The number of para-hydroxylation sites is 2. The van der Waals surface area contributed by atoms with Crippen molar-refractivity contribution in [2.75, 3.05) is 24.6 Å². The maximum absolute atomic E-state index is 12.6. The van der Waals surface area contributed by atoms with Crippen molar-refractivity contribution in [3.05, 3.63) is 30.0 Å². The maximum atomic E-state index is 12.6. The largest absolute Gasteiger partial charge is 0.395 e. The number of anilines is 1. The molecule has 6 heteroatoms. The predicted octanol–water partition coefficient (Wildman–Crippen LogP) is 2.00. The first-order chi connectivity index (χ1) is 9.11. The van der Waals surface area contributed by atoms with Crippen LogP contribution in [0.2, 0.25) is 0 Å². The number of nitrogens with zero attached hydrogens (tertiary/aromatic N) is 3. The summed E-state index contributed by atoms with van der Waals surface area (Å²) in [5.41, 5.74) is 1.96. The fourth-order valence-electron chi connectivity index (χ4n) is 1.95. The van der Waals surface area contributed by atoms with E-state index in [0.717, 1.165) is 5.52 Å². The van der Waals surface area contributed by atoms with E-state index in [-0.39, 0.29) is 13.2 Å². The standard InChI is InChI=1S/C13H15F2N3O/c1-9-13(18(6-7-19)8-12(14)15)17-11-5-3-2-4-10(11)16-9/h2-5,12,19H,6-8H2,1H3. The first-order valence-corrected chi connectivity index (χ1v) is 5.99. The highest BCUT2D eigenvalue weighted by Crippen LogP contribution is 2.20. The molecule has 0 radical (unpaired) electrons. The molecule has 0 spiro atoms. The molecule has 1 aromatic carbocycles. The van der Waals surface area contributed by atoms with Crippen molar-refractivity contribution in [3.8, 4) is 0 Å². The number of rotatable bonds is 5. The number of aliphatic hydroxyl groups is 1. The molecule has 102 valence electrons. The van der Waals surface area contributed by atoms with Crippen LogP contribution in [-0.4, -0.2) is 41.2 Å². The van der Waals surface area contributed by atoms with Gasteiger partial charge in [-0.3, -0.25) is 0 Å². The number of halogens is 2. The highest BCUT2D eigenvalue weighted by atomic mass is 19.3. The van der Waals surface area contributed by atoms with Crippen LogP contribution in [0.1, 0.15) is 5.69 Å². The molecule has 0 unspecified atom stereocenters. The molecule has 1 N–H and O–H groups in total. The van der Waals surface area contributed by atoms with E-state index in [0.29, 0.717) is 17.0 Å². The highest BCUT2D eigenvalue weighted by Gasteiger charge is 2.17. The van der Waals surface area contributed by atoms with Crippen molar-refractivity contribution in [2.24, 2.45) is 0 Å². The summed E-state index contributed by atoms with van der Waals surface area (Å²) in [6, 6.07) is 7.27. The van der Waals surface area contributed by atoms with E-state index >= 15 is 0 Å². The van der Waals surface area contributed by atoms with Gasteiger partial charge in [-0.25, -0.2) is 18.7 Å². The number of benzene rings is 1. The summed E-state index contributed by atoms with van der Waals surface area (Å²) in [4.78, 5) is 10.1. The summed E-state index contributed by atoms with van der Waals surface area (Å²) in [5, 5.41) is 8.98. The SMILES string of the molecule is Cc1nc2ccccc2nc1N(CCO)CC(F)F. The van der Waals surface area contributed by atoms with Crippen molar-refractivity contribution in [1.29, 1.82) is 0 Å². The maximum Gasteiger partial charge on any atom is 0.255 e. The Morgan fingerprint density at radius 1 is 1.21 bits per heavy atom. The number of aromatic nitrogens is 2. The van der Waals surface area contributed by atoms with Crippen LogP contribution >= 0.6 is 0 Å². The molecule has 0 bridgehead atoms. The molecule has 0 aliphatic carbocycles. The minimum atomic E-state index is -2.49. The zero-order chi connectivity index (χ0) is 13.8. The van der Waals surface area contributed by atoms with Crippen LogP contribution in [0.25, 0.3) is 11.0 Å². The fraction of sp³-hybridized carbons (Fsp3) is 0.385. The Kier molecular flexibility index (Phi) is 4.21. The van der Waals surface area contributed by atoms with Gasteiger partial charge in [-0.2, -0.15) is 0 Å². The summed E-state index contributed by atoms with van der Waals surface area (Å²) in [6.07, 6.45) is -2.49. The fourth-order valence-corrected chi connectivity index (χ4v) is 1.95. The number of hydrogen-bond donors (Lipinski definition) is 1. The lowest BCUT2D eigenvalue weighted by atomic mass is 10.3. The average Bonchev–Trinajstić information content (AvgIpc) is 2.37. The summed E-state index contributed by atoms with van der Waals surface area (Å²) in [5.74, 6) is 0.396. The smallest absolute Gasteiger partial charge is 0.255 e. The van der Waals surface area contributed by atoms with Crippen LogP contribution in [0.3, 0.4) is 0 Å². The Morgan fingerprint density at radius 2 is 1.84 bits per heavy atom. The van der Waals surface area contributed by atoms with Crippen molar-refractivity contribution in [1.82, 2.24) is 9.97 Å². The summed E-state index contributed by atoms with van der Waals surface area (Å²) >= 11 is 0.